The lowest BCUT2D eigenvalue weighted by atomic mass is 9.83. The molecule has 0 aromatic heterocycles. The van der Waals surface area contributed by atoms with Gasteiger partial charge in [-0.2, -0.15) is 0 Å². The molecule has 2 rings (SSSR count). The molecule has 0 saturated carbocycles. The minimum atomic E-state index is 0.119. The standard InChI is InChI=1S/C14H19NO/c1-8(2)11-7-12-10(4)5-9(3)6-13(12)15-14(11)16/h5-6,8,11H,7H2,1-4H3,(H,15,16). The molecular formula is C14H19NO. The molecule has 1 aromatic carbocycles. The van der Waals surface area contributed by atoms with Crippen LogP contribution in [0.1, 0.15) is 30.5 Å². The van der Waals surface area contributed by atoms with Crippen molar-refractivity contribution in [1.29, 1.82) is 0 Å². The van der Waals surface area contributed by atoms with E-state index in [4.69, 9.17) is 0 Å². The maximum absolute atomic E-state index is 11.9. The van der Waals surface area contributed by atoms with Gasteiger partial charge in [0, 0.05) is 11.6 Å². The molecule has 1 aliphatic heterocycles. The van der Waals surface area contributed by atoms with Crippen LogP contribution in [0.2, 0.25) is 0 Å². The fraction of sp³-hybridized carbons (Fsp3) is 0.500. The Balaban J connectivity index is 2.43. The van der Waals surface area contributed by atoms with E-state index in [1.165, 1.54) is 16.7 Å². The lowest BCUT2D eigenvalue weighted by molar-refractivity contribution is -0.121. The van der Waals surface area contributed by atoms with Gasteiger partial charge in [0.05, 0.1) is 0 Å². The van der Waals surface area contributed by atoms with Crippen LogP contribution in [-0.2, 0) is 11.2 Å². The van der Waals surface area contributed by atoms with Gasteiger partial charge in [-0.25, -0.2) is 0 Å². The first-order valence-corrected chi connectivity index (χ1v) is 5.90. The summed E-state index contributed by atoms with van der Waals surface area (Å²) in [6, 6.07) is 4.25. The van der Waals surface area contributed by atoms with Crippen molar-refractivity contribution < 1.29 is 4.79 Å². The number of carbonyl (C=O) groups is 1. The smallest absolute Gasteiger partial charge is 0.228 e. The molecule has 1 amide bonds. The normalized spacial score (nSPS) is 19.6. The Labute approximate surface area is 97.1 Å². The average Bonchev–Trinajstić information content (AvgIpc) is 2.15. The number of fused-ring (bicyclic) bond motifs is 1. The lowest BCUT2D eigenvalue weighted by Crippen LogP contribution is -2.33. The fourth-order valence-electron chi connectivity index (χ4n) is 2.46. The van der Waals surface area contributed by atoms with E-state index in [0.29, 0.717) is 5.92 Å². The first kappa shape index (κ1) is 11.2. The van der Waals surface area contributed by atoms with E-state index in [1.807, 2.05) is 0 Å². The molecule has 1 aliphatic rings. The third-order valence-corrected chi connectivity index (χ3v) is 3.44. The van der Waals surface area contributed by atoms with Gasteiger partial charge in [0.25, 0.3) is 0 Å². The van der Waals surface area contributed by atoms with Crippen molar-refractivity contribution in [1.82, 2.24) is 0 Å². The highest BCUT2D eigenvalue weighted by molar-refractivity contribution is 5.96. The number of rotatable bonds is 1. The molecule has 1 unspecified atom stereocenters. The van der Waals surface area contributed by atoms with E-state index < -0.39 is 0 Å². The summed E-state index contributed by atoms with van der Waals surface area (Å²) in [4.78, 5) is 11.9. The predicted octanol–water partition coefficient (Wildman–Crippen LogP) is 3.07. The molecule has 86 valence electrons. The summed E-state index contributed by atoms with van der Waals surface area (Å²) in [6.07, 6.45) is 0.880. The zero-order valence-electron chi connectivity index (χ0n) is 10.4. The highest BCUT2D eigenvalue weighted by Gasteiger charge is 2.29. The van der Waals surface area contributed by atoms with Crippen molar-refractivity contribution in [3.05, 3.63) is 28.8 Å². The van der Waals surface area contributed by atoms with E-state index in [0.717, 1.165) is 12.1 Å². The average molecular weight is 217 g/mol. The van der Waals surface area contributed by atoms with Gasteiger partial charge in [-0.3, -0.25) is 4.79 Å². The highest BCUT2D eigenvalue weighted by atomic mass is 16.1. The van der Waals surface area contributed by atoms with Gasteiger partial charge < -0.3 is 5.32 Å². The molecule has 1 aromatic rings. The van der Waals surface area contributed by atoms with Crippen LogP contribution in [0.4, 0.5) is 5.69 Å². The SMILES string of the molecule is Cc1cc(C)c2c(c1)NC(=O)C(C(C)C)C2. The Bertz CT molecular complexity index is 435. The summed E-state index contributed by atoms with van der Waals surface area (Å²) in [5, 5.41) is 3.03. The van der Waals surface area contributed by atoms with Crippen molar-refractivity contribution in [3.8, 4) is 0 Å². The summed E-state index contributed by atoms with van der Waals surface area (Å²) >= 11 is 0. The second-order valence-corrected chi connectivity index (χ2v) is 5.15. The van der Waals surface area contributed by atoms with Crippen LogP contribution in [0, 0.1) is 25.7 Å². The number of carbonyl (C=O) groups excluding carboxylic acids is 1. The van der Waals surface area contributed by atoms with E-state index >= 15 is 0 Å². The molecule has 0 fully saturated rings. The van der Waals surface area contributed by atoms with Crippen LogP contribution in [0.5, 0.6) is 0 Å². The van der Waals surface area contributed by atoms with Gasteiger partial charge in [-0.05, 0) is 48.9 Å². The Hall–Kier alpha value is -1.31. The van der Waals surface area contributed by atoms with Gasteiger partial charge in [-0.15, -0.1) is 0 Å². The van der Waals surface area contributed by atoms with Crippen molar-refractivity contribution >= 4 is 11.6 Å². The molecule has 2 nitrogen and oxygen atoms in total. The largest absolute Gasteiger partial charge is 0.326 e. The van der Waals surface area contributed by atoms with Gasteiger partial charge >= 0.3 is 0 Å². The lowest BCUT2D eigenvalue weighted by Gasteiger charge is -2.28. The molecule has 0 bridgehead atoms. The van der Waals surface area contributed by atoms with Crippen LogP contribution in [0.15, 0.2) is 12.1 Å². The van der Waals surface area contributed by atoms with Crippen molar-refractivity contribution in [2.75, 3.05) is 5.32 Å². The maximum Gasteiger partial charge on any atom is 0.228 e. The topological polar surface area (TPSA) is 29.1 Å². The molecular weight excluding hydrogens is 198 g/mol. The summed E-state index contributed by atoms with van der Waals surface area (Å²) in [6.45, 7) is 8.41. The second-order valence-electron chi connectivity index (χ2n) is 5.15. The Kier molecular flexibility index (Phi) is 2.75. The highest BCUT2D eigenvalue weighted by Crippen LogP contribution is 2.32. The van der Waals surface area contributed by atoms with E-state index in [2.05, 4.69) is 45.1 Å². The van der Waals surface area contributed by atoms with Crippen molar-refractivity contribution in [2.24, 2.45) is 11.8 Å². The minimum absolute atomic E-state index is 0.119. The van der Waals surface area contributed by atoms with Gasteiger partial charge in [-0.1, -0.05) is 19.9 Å². The molecule has 2 heteroatoms. The van der Waals surface area contributed by atoms with E-state index in [-0.39, 0.29) is 11.8 Å². The van der Waals surface area contributed by atoms with Crippen LogP contribution in [-0.4, -0.2) is 5.91 Å². The van der Waals surface area contributed by atoms with E-state index in [1.54, 1.807) is 0 Å². The summed E-state index contributed by atoms with van der Waals surface area (Å²) in [5.41, 5.74) is 4.82. The first-order chi connectivity index (χ1) is 7.49. The van der Waals surface area contributed by atoms with Crippen LogP contribution >= 0.6 is 0 Å². The van der Waals surface area contributed by atoms with Crippen LogP contribution in [0.25, 0.3) is 0 Å². The Morgan fingerprint density at radius 1 is 1.31 bits per heavy atom. The first-order valence-electron chi connectivity index (χ1n) is 5.90. The second kappa shape index (κ2) is 3.93. The third-order valence-electron chi connectivity index (χ3n) is 3.44. The zero-order valence-corrected chi connectivity index (χ0v) is 10.4. The van der Waals surface area contributed by atoms with Gasteiger partial charge in [0.15, 0.2) is 0 Å². The molecule has 1 atom stereocenters. The summed E-state index contributed by atoms with van der Waals surface area (Å²) in [5.74, 6) is 0.690. The molecule has 1 heterocycles. The molecule has 0 spiro atoms. The molecule has 1 N–H and O–H groups in total. The number of hydrogen-bond acceptors (Lipinski definition) is 1. The summed E-state index contributed by atoms with van der Waals surface area (Å²) < 4.78 is 0. The summed E-state index contributed by atoms with van der Waals surface area (Å²) in [7, 11) is 0. The number of anilines is 1. The minimum Gasteiger partial charge on any atom is -0.326 e. The quantitative estimate of drug-likeness (QED) is 0.769. The number of amides is 1. The fourth-order valence-corrected chi connectivity index (χ4v) is 2.46. The van der Waals surface area contributed by atoms with Crippen molar-refractivity contribution in [3.63, 3.8) is 0 Å². The number of aryl methyl sites for hydroxylation is 2. The number of benzene rings is 1. The maximum atomic E-state index is 11.9. The monoisotopic (exact) mass is 217 g/mol. The number of hydrogen-bond donors (Lipinski definition) is 1. The molecule has 0 radical (unpaired) electrons. The van der Waals surface area contributed by atoms with E-state index in [9.17, 15) is 4.79 Å². The molecule has 16 heavy (non-hydrogen) atoms. The number of nitrogens with one attached hydrogen (secondary N) is 1. The van der Waals surface area contributed by atoms with Gasteiger partial charge in [0.2, 0.25) is 5.91 Å². The Morgan fingerprint density at radius 3 is 2.62 bits per heavy atom. The predicted molar refractivity (Wildman–Crippen MR) is 66.6 cm³/mol. The van der Waals surface area contributed by atoms with Crippen LogP contribution in [0.3, 0.4) is 0 Å². The molecule has 0 saturated heterocycles. The zero-order chi connectivity index (χ0) is 11.9. The van der Waals surface area contributed by atoms with Gasteiger partial charge in [0.1, 0.15) is 0 Å². The molecule has 0 aliphatic carbocycles. The van der Waals surface area contributed by atoms with Crippen molar-refractivity contribution in [2.45, 2.75) is 34.1 Å². The van der Waals surface area contributed by atoms with Crippen LogP contribution < -0.4 is 5.32 Å². The third kappa shape index (κ3) is 1.84. The Morgan fingerprint density at radius 2 is 2.00 bits per heavy atom.